The van der Waals surface area contributed by atoms with E-state index in [4.69, 9.17) is 9.47 Å². The Labute approximate surface area is 327 Å². The fourth-order valence-electron chi connectivity index (χ4n) is 6.75. The highest BCUT2D eigenvalue weighted by atomic mass is 16.5. The minimum Gasteiger partial charge on any atom is -0.493 e. The molecule has 2 nitrogen and oxygen atoms in total. The van der Waals surface area contributed by atoms with E-state index in [9.17, 15) is 0 Å². The fraction of sp³-hybridized carbons (Fsp3) is 0.346. The van der Waals surface area contributed by atoms with Crippen molar-refractivity contribution in [3.8, 4) is 33.8 Å². The first kappa shape index (κ1) is 40.4. The van der Waals surface area contributed by atoms with E-state index in [-0.39, 0.29) is 0 Å². The molecular formula is C52H62O2. The quantitative estimate of drug-likeness (QED) is 0.0746. The van der Waals surface area contributed by atoms with Crippen molar-refractivity contribution in [1.29, 1.82) is 0 Å². The van der Waals surface area contributed by atoms with Crippen LogP contribution in [0.25, 0.3) is 46.6 Å². The minimum atomic E-state index is 0.530. The highest BCUT2D eigenvalue weighted by molar-refractivity contribution is 5.80. The molecular weight excluding hydrogens is 657 g/mol. The van der Waals surface area contributed by atoms with E-state index < -0.39 is 0 Å². The van der Waals surface area contributed by atoms with Crippen LogP contribution < -0.4 is 9.47 Å². The van der Waals surface area contributed by atoms with Gasteiger partial charge in [0.2, 0.25) is 0 Å². The molecule has 54 heavy (non-hydrogen) atoms. The van der Waals surface area contributed by atoms with Crippen molar-refractivity contribution >= 4 is 24.3 Å². The molecule has 0 fully saturated rings. The number of ether oxygens (including phenoxy) is 2. The van der Waals surface area contributed by atoms with Gasteiger partial charge in [-0.1, -0.05) is 199 Å². The summed E-state index contributed by atoms with van der Waals surface area (Å²) in [5.41, 5.74) is 11.8. The number of aryl methyl sites for hydroxylation is 2. The smallest absolute Gasteiger partial charge is 0.127 e. The van der Waals surface area contributed by atoms with Crippen molar-refractivity contribution < 1.29 is 9.47 Å². The standard InChI is InChI=1S/C52H62O2/c1-7-11-13-41(9-3)37-53-51-35-50(34-24-44-21-31-48(32-22-44)46-27-17-40(6)18-28-46)52(54-38-42(10-4)14-12-8-2)36-49(51)33-23-43-19-29-47(30-20-43)45-25-15-39(5)16-26-45/h15-36,41-42H,7-14,37-38H2,1-6H3/b33-23+,34-24+. The summed E-state index contributed by atoms with van der Waals surface area (Å²) in [5.74, 6) is 2.86. The molecule has 0 amide bonds. The molecule has 0 heterocycles. The highest BCUT2D eigenvalue weighted by Gasteiger charge is 2.15. The Kier molecular flexibility index (Phi) is 15.8. The largest absolute Gasteiger partial charge is 0.493 e. The molecule has 0 aliphatic carbocycles. The Balaban J connectivity index is 1.47. The topological polar surface area (TPSA) is 18.5 Å². The van der Waals surface area contributed by atoms with Crippen molar-refractivity contribution in [1.82, 2.24) is 0 Å². The zero-order valence-corrected chi connectivity index (χ0v) is 33.7. The van der Waals surface area contributed by atoms with E-state index in [2.05, 4.69) is 175 Å². The summed E-state index contributed by atoms with van der Waals surface area (Å²) in [7, 11) is 0. The SMILES string of the molecule is CCCCC(CC)COc1cc(/C=C/c2ccc(-c3ccc(C)cc3)cc2)c(OCC(CC)CCCC)cc1/C=C/c1ccc(-c2ccc(C)cc2)cc1. The summed E-state index contributed by atoms with van der Waals surface area (Å²) in [6.07, 6.45) is 18.3. The average Bonchev–Trinajstić information content (AvgIpc) is 3.21. The molecule has 5 aromatic carbocycles. The van der Waals surface area contributed by atoms with E-state index in [1.807, 2.05) is 0 Å². The monoisotopic (exact) mass is 718 g/mol. The van der Waals surface area contributed by atoms with Crippen LogP contribution in [0, 0.1) is 25.7 Å². The third kappa shape index (κ3) is 12.1. The molecule has 0 radical (unpaired) electrons. The number of hydrogen-bond donors (Lipinski definition) is 0. The summed E-state index contributed by atoms with van der Waals surface area (Å²) in [6, 6.07) is 39.5. The van der Waals surface area contributed by atoms with Crippen LogP contribution in [0.4, 0.5) is 0 Å². The normalized spacial score (nSPS) is 12.7. The summed E-state index contributed by atoms with van der Waals surface area (Å²) >= 11 is 0. The number of hydrogen-bond acceptors (Lipinski definition) is 2. The van der Waals surface area contributed by atoms with E-state index >= 15 is 0 Å². The van der Waals surface area contributed by atoms with Gasteiger partial charge in [0.15, 0.2) is 0 Å². The van der Waals surface area contributed by atoms with Gasteiger partial charge < -0.3 is 9.47 Å². The van der Waals surface area contributed by atoms with Crippen LogP contribution in [0.1, 0.15) is 112 Å². The van der Waals surface area contributed by atoms with E-state index in [1.165, 1.54) is 71.9 Å². The second kappa shape index (κ2) is 21.2. The molecule has 2 unspecified atom stereocenters. The zero-order chi connectivity index (χ0) is 38.1. The van der Waals surface area contributed by atoms with Crippen LogP contribution in [0.15, 0.2) is 109 Å². The Morgan fingerprint density at radius 2 is 0.778 bits per heavy atom. The third-order valence-corrected chi connectivity index (χ3v) is 10.7. The van der Waals surface area contributed by atoms with Crippen molar-refractivity contribution in [2.75, 3.05) is 13.2 Å². The Morgan fingerprint density at radius 1 is 0.444 bits per heavy atom. The fourth-order valence-corrected chi connectivity index (χ4v) is 6.75. The maximum Gasteiger partial charge on any atom is 0.127 e. The predicted octanol–water partition coefficient (Wildman–Crippen LogP) is 15.2. The van der Waals surface area contributed by atoms with E-state index in [1.54, 1.807) is 0 Å². The summed E-state index contributed by atoms with van der Waals surface area (Å²) in [4.78, 5) is 0. The lowest BCUT2D eigenvalue weighted by Crippen LogP contribution is -2.13. The van der Waals surface area contributed by atoms with Gasteiger partial charge in [-0.25, -0.2) is 0 Å². The number of benzene rings is 5. The number of rotatable bonds is 20. The predicted molar refractivity (Wildman–Crippen MR) is 235 cm³/mol. The van der Waals surface area contributed by atoms with Gasteiger partial charge in [0.05, 0.1) is 13.2 Å². The molecule has 5 aromatic rings. The first-order valence-corrected chi connectivity index (χ1v) is 20.5. The molecule has 0 aliphatic rings. The van der Waals surface area contributed by atoms with Gasteiger partial charge >= 0.3 is 0 Å². The number of unbranched alkanes of at least 4 members (excludes halogenated alkanes) is 2. The van der Waals surface area contributed by atoms with Crippen LogP contribution in [0.3, 0.4) is 0 Å². The van der Waals surface area contributed by atoms with E-state index in [0.717, 1.165) is 46.6 Å². The lowest BCUT2D eigenvalue weighted by Gasteiger charge is -2.20. The van der Waals surface area contributed by atoms with Gasteiger partial charge in [-0.15, -0.1) is 0 Å². The molecule has 0 aromatic heterocycles. The molecule has 2 atom stereocenters. The van der Waals surface area contributed by atoms with Crippen LogP contribution in [-0.4, -0.2) is 13.2 Å². The van der Waals surface area contributed by atoms with Crippen LogP contribution in [-0.2, 0) is 0 Å². The molecule has 0 spiro atoms. The second-order valence-electron chi connectivity index (χ2n) is 15.0. The molecule has 5 rings (SSSR count). The Morgan fingerprint density at radius 3 is 1.09 bits per heavy atom. The van der Waals surface area contributed by atoms with Crippen LogP contribution in [0.5, 0.6) is 11.5 Å². The molecule has 0 saturated heterocycles. The van der Waals surface area contributed by atoms with Crippen LogP contribution in [0.2, 0.25) is 0 Å². The molecule has 0 bridgehead atoms. The lowest BCUT2D eigenvalue weighted by molar-refractivity contribution is 0.227. The van der Waals surface area contributed by atoms with Gasteiger partial charge in [-0.05, 0) is 84.0 Å². The van der Waals surface area contributed by atoms with Crippen molar-refractivity contribution in [2.24, 2.45) is 11.8 Å². The van der Waals surface area contributed by atoms with Crippen molar-refractivity contribution in [3.63, 3.8) is 0 Å². The maximum absolute atomic E-state index is 6.74. The van der Waals surface area contributed by atoms with Gasteiger partial charge in [-0.3, -0.25) is 0 Å². The minimum absolute atomic E-state index is 0.530. The van der Waals surface area contributed by atoms with Crippen molar-refractivity contribution in [3.05, 3.63) is 143 Å². The molecule has 282 valence electrons. The molecule has 2 heteroatoms. The maximum atomic E-state index is 6.74. The van der Waals surface area contributed by atoms with Gasteiger partial charge in [0.25, 0.3) is 0 Å². The van der Waals surface area contributed by atoms with Gasteiger partial charge in [0.1, 0.15) is 11.5 Å². The lowest BCUT2D eigenvalue weighted by atomic mass is 9.99. The average molecular weight is 719 g/mol. The Hall–Kier alpha value is -4.82. The highest BCUT2D eigenvalue weighted by Crippen LogP contribution is 2.34. The summed E-state index contributed by atoms with van der Waals surface area (Å²) < 4.78 is 13.5. The first-order valence-electron chi connectivity index (χ1n) is 20.5. The summed E-state index contributed by atoms with van der Waals surface area (Å²) in [6.45, 7) is 14.8. The molecule has 0 aliphatic heterocycles. The second-order valence-corrected chi connectivity index (χ2v) is 15.0. The van der Waals surface area contributed by atoms with Gasteiger partial charge in [-0.2, -0.15) is 0 Å². The van der Waals surface area contributed by atoms with Crippen LogP contribution >= 0.6 is 0 Å². The van der Waals surface area contributed by atoms with Gasteiger partial charge in [0, 0.05) is 11.1 Å². The Bertz CT molecular complexity index is 1750. The van der Waals surface area contributed by atoms with Crippen molar-refractivity contribution in [2.45, 2.75) is 92.9 Å². The molecule has 0 N–H and O–H groups in total. The third-order valence-electron chi connectivity index (χ3n) is 10.7. The first-order chi connectivity index (χ1) is 26.4. The molecule has 0 saturated carbocycles. The summed E-state index contributed by atoms with van der Waals surface area (Å²) in [5, 5.41) is 0. The van der Waals surface area contributed by atoms with E-state index in [0.29, 0.717) is 25.0 Å². The zero-order valence-electron chi connectivity index (χ0n) is 33.7.